The minimum atomic E-state index is -8.43. The summed E-state index contributed by atoms with van der Waals surface area (Å²) in [4.78, 5) is 0. The van der Waals surface area contributed by atoms with Gasteiger partial charge in [0, 0.05) is 0 Å². The first-order chi connectivity index (χ1) is 10.4. The van der Waals surface area contributed by atoms with E-state index in [1.807, 2.05) is 0 Å². The predicted molar refractivity (Wildman–Crippen MR) is 44.0 cm³/mol. The molecule has 0 aliphatic heterocycles. The maximum Gasteiger partial charge on any atom is 0.460 e. The number of aliphatic hydroxyl groups excluding tert-OH is 1. The Balaban J connectivity index is 6.50. The lowest BCUT2D eigenvalue weighted by Crippen LogP contribution is -2.73. The van der Waals surface area contributed by atoms with E-state index < -0.39 is 48.0 Å². The van der Waals surface area contributed by atoms with Crippen LogP contribution in [0.15, 0.2) is 0 Å². The monoisotopic (exact) mass is 416 g/mol. The number of hydrogen-bond acceptors (Lipinski definition) is 2. The Kier molecular flexibility index (Phi) is 5.43. The first kappa shape index (κ1) is 23.9. The molecule has 0 rings (SSSR count). The third kappa shape index (κ3) is 2.87. The second kappa shape index (κ2) is 5.68. The average Bonchev–Trinajstić information content (AvgIpc) is 2.35. The summed E-state index contributed by atoms with van der Waals surface area (Å²) in [6.45, 7) is 0. The van der Waals surface area contributed by atoms with Gasteiger partial charge in [-0.15, -0.1) is 0 Å². The van der Waals surface area contributed by atoms with Gasteiger partial charge in [0.1, 0.15) is 0 Å². The Morgan fingerprint density at radius 2 is 0.640 bits per heavy atom. The molecule has 2 N–H and O–H groups in total. The first-order valence-electron chi connectivity index (χ1n) is 5.14. The van der Waals surface area contributed by atoms with Gasteiger partial charge in [-0.05, 0) is 0 Å². The van der Waals surface area contributed by atoms with Gasteiger partial charge in [-0.25, -0.2) is 0 Å². The van der Waals surface area contributed by atoms with Gasteiger partial charge in [-0.3, -0.25) is 0 Å². The van der Waals surface area contributed by atoms with Gasteiger partial charge >= 0.3 is 41.7 Å². The van der Waals surface area contributed by atoms with Crippen molar-refractivity contribution in [2.24, 2.45) is 0 Å². The van der Waals surface area contributed by atoms with Gasteiger partial charge in [0.05, 0.1) is 0 Å². The minimum Gasteiger partial charge on any atom is -0.363 e. The fourth-order valence-corrected chi connectivity index (χ4v) is 1.14. The zero-order valence-corrected chi connectivity index (χ0v) is 10.6. The topological polar surface area (TPSA) is 40.5 Å². The Morgan fingerprint density at radius 3 is 0.880 bits per heavy atom. The smallest absolute Gasteiger partial charge is 0.363 e. The van der Waals surface area contributed by atoms with E-state index in [2.05, 4.69) is 0 Å². The molecule has 0 radical (unpaired) electrons. The van der Waals surface area contributed by atoms with Crippen LogP contribution in [0.25, 0.3) is 0 Å². The van der Waals surface area contributed by atoms with E-state index in [9.17, 15) is 65.9 Å². The standard InChI is InChI=1S/C8H3F15O2/c9-2(10,1(24)25)3(11,12)4(13,14)5(15,16)6(17,18)7(19,20)8(21,22)23/h1,24-25H. The highest BCUT2D eigenvalue weighted by Gasteiger charge is 2.93. The molecule has 0 spiro atoms. The van der Waals surface area contributed by atoms with Gasteiger partial charge in [0.25, 0.3) is 0 Å². The minimum absolute atomic E-state index is 4.90. The van der Waals surface area contributed by atoms with E-state index in [-0.39, 0.29) is 0 Å². The maximum absolute atomic E-state index is 12.9. The number of halogens is 15. The normalized spacial score (nSPS) is 16.6. The lowest BCUT2D eigenvalue weighted by Gasteiger charge is -2.41. The summed E-state index contributed by atoms with van der Waals surface area (Å²) in [5.74, 6) is -48.1. The van der Waals surface area contributed by atoms with Crippen LogP contribution < -0.4 is 0 Å². The average molecular weight is 416 g/mol. The Labute approximate surface area is 125 Å². The third-order valence-corrected chi connectivity index (χ3v) is 2.68. The molecule has 0 saturated carbocycles. The molecule has 0 aliphatic carbocycles. The molecule has 0 bridgehead atoms. The van der Waals surface area contributed by atoms with Gasteiger partial charge in [-0.2, -0.15) is 65.9 Å². The summed E-state index contributed by atoms with van der Waals surface area (Å²) in [5.41, 5.74) is 0. The molecule has 0 aromatic rings. The van der Waals surface area contributed by atoms with Crippen LogP contribution in [0, 0.1) is 0 Å². The van der Waals surface area contributed by atoms with E-state index in [0.717, 1.165) is 0 Å². The molecule has 25 heavy (non-hydrogen) atoms. The molecule has 0 heterocycles. The summed E-state index contributed by atoms with van der Waals surface area (Å²) in [7, 11) is 0. The highest BCUT2D eigenvalue weighted by molar-refractivity contribution is 5.13. The van der Waals surface area contributed by atoms with Gasteiger partial charge in [-0.1, -0.05) is 0 Å². The van der Waals surface area contributed by atoms with Crippen LogP contribution in [0.3, 0.4) is 0 Å². The lowest BCUT2D eigenvalue weighted by molar-refractivity contribution is -0.460. The maximum atomic E-state index is 12.9. The molecule has 0 aromatic heterocycles. The highest BCUT2D eigenvalue weighted by atomic mass is 19.4. The van der Waals surface area contributed by atoms with E-state index in [0.29, 0.717) is 0 Å². The second-order valence-corrected chi connectivity index (χ2v) is 4.37. The predicted octanol–water partition coefficient (Wildman–Crippen LogP) is 3.67. The van der Waals surface area contributed by atoms with Gasteiger partial charge in [0.15, 0.2) is 0 Å². The van der Waals surface area contributed by atoms with E-state index >= 15 is 0 Å². The molecule has 0 aliphatic rings. The van der Waals surface area contributed by atoms with E-state index in [1.165, 1.54) is 0 Å². The van der Waals surface area contributed by atoms with Crippen molar-refractivity contribution in [2.45, 2.75) is 48.0 Å². The van der Waals surface area contributed by atoms with Crippen molar-refractivity contribution < 1.29 is 76.1 Å². The summed E-state index contributed by atoms with van der Waals surface area (Å²) < 4.78 is 187. The van der Waals surface area contributed by atoms with Crippen LogP contribution in [0.4, 0.5) is 65.9 Å². The molecule has 2 nitrogen and oxygen atoms in total. The Bertz CT molecular complexity index is 490. The SMILES string of the molecule is OC(O)C(F)(F)C(F)(F)C(F)(F)C(F)(F)C(F)(F)C(F)(F)C(F)(F)F. The molecule has 0 fully saturated rings. The zero-order valence-electron chi connectivity index (χ0n) is 10.6. The molecule has 0 saturated heterocycles. The molecule has 0 unspecified atom stereocenters. The van der Waals surface area contributed by atoms with Crippen molar-refractivity contribution in [2.75, 3.05) is 0 Å². The number of hydrogen-bond donors (Lipinski definition) is 2. The first-order valence-corrected chi connectivity index (χ1v) is 5.14. The number of aliphatic hydroxyl groups is 2. The van der Waals surface area contributed by atoms with Crippen molar-refractivity contribution in [3.8, 4) is 0 Å². The molecule has 0 atom stereocenters. The van der Waals surface area contributed by atoms with Crippen molar-refractivity contribution >= 4 is 0 Å². The van der Waals surface area contributed by atoms with Crippen molar-refractivity contribution in [1.29, 1.82) is 0 Å². The zero-order chi connectivity index (χ0) is 21.1. The van der Waals surface area contributed by atoms with Gasteiger partial charge in [0.2, 0.25) is 6.29 Å². The summed E-state index contributed by atoms with van der Waals surface area (Å²) in [5, 5.41) is 15.5. The van der Waals surface area contributed by atoms with Crippen LogP contribution in [0.5, 0.6) is 0 Å². The quantitative estimate of drug-likeness (QED) is 0.513. The summed E-state index contributed by atoms with van der Waals surface area (Å²) in [6, 6.07) is 0. The molecule has 0 amide bonds. The van der Waals surface area contributed by atoms with Gasteiger partial charge < -0.3 is 10.2 Å². The molecular weight excluding hydrogens is 413 g/mol. The van der Waals surface area contributed by atoms with E-state index in [4.69, 9.17) is 10.2 Å². The fourth-order valence-electron chi connectivity index (χ4n) is 1.14. The van der Waals surface area contributed by atoms with Crippen molar-refractivity contribution in [1.82, 2.24) is 0 Å². The molecular formula is C8H3F15O2. The van der Waals surface area contributed by atoms with Crippen molar-refractivity contribution in [3.05, 3.63) is 0 Å². The third-order valence-electron chi connectivity index (χ3n) is 2.68. The highest BCUT2D eigenvalue weighted by Crippen LogP contribution is 2.62. The van der Waals surface area contributed by atoms with Crippen LogP contribution >= 0.6 is 0 Å². The van der Waals surface area contributed by atoms with E-state index in [1.54, 1.807) is 0 Å². The summed E-state index contributed by atoms with van der Waals surface area (Å²) >= 11 is 0. The number of alkyl halides is 15. The van der Waals surface area contributed by atoms with Crippen LogP contribution in [-0.2, 0) is 0 Å². The van der Waals surface area contributed by atoms with Crippen molar-refractivity contribution in [3.63, 3.8) is 0 Å². The fraction of sp³-hybridized carbons (Fsp3) is 1.00. The molecule has 0 aromatic carbocycles. The van der Waals surface area contributed by atoms with Crippen LogP contribution in [0.1, 0.15) is 0 Å². The second-order valence-electron chi connectivity index (χ2n) is 4.37. The Hall–Kier alpha value is -1.13. The molecule has 152 valence electrons. The van der Waals surface area contributed by atoms with Crippen LogP contribution in [-0.4, -0.2) is 58.2 Å². The largest absolute Gasteiger partial charge is 0.460 e. The Morgan fingerprint density at radius 1 is 0.400 bits per heavy atom. The molecule has 17 heteroatoms. The van der Waals surface area contributed by atoms with Crippen LogP contribution in [0.2, 0.25) is 0 Å². The lowest BCUT2D eigenvalue weighted by atomic mass is 9.91. The number of rotatable bonds is 6. The summed E-state index contributed by atoms with van der Waals surface area (Å²) in [6.07, 6.45) is -12.6.